The Balaban J connectivity index is 4.60. The van der Waals surface area contributed by atoms with Crippen molar-refractivity contribution >= 4 is 25.7 Å². The number of carboxylic acid groups (broad SMARTS) is 1. The highest BCUT2D eigenvalue weighted by Gasteiger charge is 2.28. The lowest BCUT2D eigenvalue weighted by Crippen LogP contribution is -2.34. The van der Waals surface area contributed by atoms with Crippen LogP contribution in [0.4, 0.5) is 0 Å². The van der Waals surface area contributed by atoms with Gasteiger partial charge in [0.05, 0.1) is 19.3 Å². The maximum atomic E-state index is 12.6. The van der Waals surface area contributed by atoms with Crippen LogP contribution in [-0.2, 0) is 37.5 Å². The Morgan fingerprint density at radius 1 is 0.614 bits per heavy atom. The van der Waals surface area contributed by atoms with Gasteiger partial charge in [-0.05, 0) is 89.9 Å². The summed E-state index contributed by atoms with van der Waals surface area (Å²) in [5, 5.41) is 18.6. The number of aliphatic carboxylic acids is 1. The number of esters is 2. The van der Waals surface area contributed by atoms with Crippen molar-refractivity contribution in [1.29, 1.82) is 0 Å². The van der Waals surface area contributed by atoms with Gasteiger partial charge in [0.1, 0.15) is 12.6 Å². The SMILES string of the molecule is CCCCC/C=C\C/C=C\C/C=C\CCCCC(=O)OC[C@H](COP(=O)(O)OC[C@H](N)C(=O)O)OC(=O)CCC/C=C\C/C=C\C/C=C\C/C=C\CC(O)CCC. The second-order valence-electron chi connectivity index (χ2n) is 13.6. The summed E-state index contributed by atoms with van der Waals surface area (Å²) in [5.41, 5.74) is 5.32. The number of aliphatic hydroxyl groups excluding tert-OH is 1. The molecule has 0 amide bonds. The fourth-order valence-electron chi connectivity index (χ4n) is 4.90. The quantitative estimate of drug-likeness (QED) is 0.0201. The van der Waals surface area contributed by atoms with Gasteiger partial charge in [-0.2, -0.15) is 0 Å². The molecule has 12 nitrogen and oxygen atoms in total. The molecule has 13 heteroatoms. The molecule has 5 N–H and O–H groups in total. The Labute approximate surface area is 342 Å². The molecule has 0 bridgehead atoms. The van der Waals surface area contributed by atoms with Gasteiger partial charge in [0.25, 0.3) is 0 Å². The first kappa shape index (κ1) is 53.6. The largest absolute Gasteiger partial charge is 0.480 e. The number of carboxylic acids is 1. The predicted molar refractivity (Wildman–Crippen MR) is 227 cm³/mol. The number of hydrogen-bond acceptors (Lipinski definition) is 10. The van der Waals surface area contributed by atoms with Crippen LogP contribution >= 0.6 is 7.82 Å². The number of unbranched alkanes of at least 4 members (excludes halogenated alkanes) is 6. The first-order valence-electron chi connectivity index (χ1n) is 20.7. The summed E-state index contributed by atoms with van der Waals surface area (Å²) < 4.78 is 32.5. The lowest BCUT2D eigenvalue weighted by atomic mass is 10.1. The fraction of sp³-hybridized carbons (Fsp3) is 0.614. The number of allylic oxidation sites excluding steroid dienone is 13. The first-order valence-corrected chi connectivity index (χ1v) is 22.2. The number of carbonyl (C=O) groups excluding carboxylic acids is 2. The number of rotatable bonds is 37. The normalized spacial score (nSPS) is 15.2. The maximum absolute atomic E-state index is 12.6. The summed E-state index contributed by atoms with van der Waals surface area (Å²) in [7, 11) is -4.75. The number of phosphoric ester groups is 1. The van der Waals surface area contributed by atoms with Gasteiger partial charge in [0, 0.05) is 12.8 Å². The maximum Gasteiger partial charge on any atom is 0.472 e. The van der Waals surface area contributed by atoms with Gasteiger partial charge < -0.3 is 30.3 Å². The number of aliphatic hydroxyl groups is 1. The third-order valence-corrected chi connectivity index (χ3v) is 9.12. The van der Waals surface area contributed by atoms with Crippen molar-refractivity contribution in [2.45, 2.75) is 154 Å². The van der Waals surface area contributed by atoms with E-state index < -0.39 is 57.7 Å². The van der Waals surface area contributed by atoms with Crippen molar-refractivity contribution < 1.29 is 52.6 Å². The molecule has 0 aliphatic heterocycles. The molecular formula is C44H72NO11P. The van der Waals surface area contributed by atoms with Gasteiger partial charge in [-0.3, -0.25) is 23.4 Å². The topological polar surface area (TPSA) is 192 Å². The molecule has 0 spiro atoms. The monoisotopic (exact) mass is 821 g/mol. The Morgan fingerprint density at radius 2 is 1.09 bits per heavy atom. The van der Waals surface area contributed by atoms with Crippen LogP contribution in [0.2, 0.25) is 0 Å². The molecule has 0 saturated heterocycles. The molecule has 0 aliphatic carbocycles. The minimum atomic E-state index is -4.75. The Bertz CT molecular complexity index is 1300. The van der Waals surface area contributed by atoms with Crippen LogP contribution in [0.5, 0.6) is 0 Å². The number of phosphoric acid groups is 1. The van der Waals surface area contributed by atoms with Gasteiger partial charge in [-0.25, -0.2) is 4.57 Å². The molecule has 0 aromatic carbocycles. The van der Waals surface area contributed by atoms with Crippen LogP contribution in [0.15, 0.2) is 85.1 Å². The van der Waals surface area contributed by atoms with E-state index in [1.165, 1.54) is 19.3 Å². The van der Waals surface area contributed by atoms with Gasteiger partial charge in [0.2, 0.25) is 0 Å². The summed E-state index contributed by atoms with van der Waals surface area (Å²) in [4.78, 5) is 45.8. The minimum Gasteiger partial charge on any atom is -0.480 e. The zero-order chi connectivity index (χ0) is 42.2. The molecule has 0 rings (SSSR count). The van der Waals surface area contributed by atoms with E-state index in [4.69, 9.17) is 24.8 Å². The van der Waals surface area contributed by atoms with Crippen LogP contribution in [0.25, 0.3) is 0 Å². The lowest BCUT2D eigenvalue weighted by Gasteiger charge is -2.20. The summed E-state index contributed by atoms with van der Waals surface area (Å²) in [6.07, 6.45) is 42.9. The van der Waals surface area contributed by atoms with E-state index in [9.17, 15) is 28.9 Å². The molecule has 0 fully saturated rings. The highest BCUT2D eigenvalue weighted by molar-refractivity contribution is 7.47. The smallest absolute Gasteiger partial charge is 0.472 e. The van der Waals surface area contributed by atoms with Crippen molar-refractivity contribution in [1.82, 2.24) is 0 Å². The van der Waals surface area contributed by atoms with Crippen molar-refractivity contribution in [3.8, 4) is 0 Å². The second-order valence-corrected chi connectivity index (χ2v) is 15.0. The Morgan fingerprint density at radius 3 is 1.61 bits per heavy atom. The average Bonchev–Trinajstić information content (AvgIpc) is 3.18. The third-order valence-electron chi connectivity index (χ3n) is 8.17. The van der Waals surface area contributed by atoms with E-state index in [2.05, 4.69) is 85.2 Å². The summed E-state index contributed by atoms with van der Waals surface area (Å²) in [6, 6.07) is -1.55. The molecule has 0 saturated carbocycles. The molecule has 0 radical (unpaired) electrons. The standard InChI is InChI=1S/C44H72NO11P/c1-3-5-6-7-8-9-10-11-12-15-18-21-24-27-30-34-42(47)53-36-40(37-54-57(51,52)55-38-41(45)44(49)50)56-43(48)35-31-28-25-22-19-16-13-14-17-20-23-26-29-33-39(46)32-4-2/h8-9,11-13,16-18,20-22,25-26,29,39-41,46H,3-7,10,14-15,19,23-24,27-28,30-38,45H2,1-2H3,(H,49,50)(H,51,52)/b9-8-,12-11-,16-13-,20-17-,21-18-,25-22-,29-26-/t39?,40-,41+/m1/s1. The van der Waals surface area contributed by atoms with E-state index in [0.717, 1.165) is 64.2 Å². The second kappa shape index (κ2) is 38.2. The Hall–Kier alpha value is -3.38. The van der Waals surface area contributed by atoms with Crippen molar-refractivity contribution in [3.63, 3.8) is 0 Å². The zero-order valence-corrected chi connectivity index (χ0v) is 35.4. The Kier molecular flexibility index (Phi) is 35.9. The number of nitrogens with two attached hydrogens (primary N) is 1. The molecule has 0 aliphatic rings. The van der Waals surface area contributed by atoms with E-state index in [0.29, 0.717) is 25.7 Å². The van der Waals surface area contributed by atoms with Gasteiger partial charge in [0.15, 0.2) is 6.10 Å². The lowest BCUT2D eigenvalue weighted by molar-refractivity contribution is -0.161. The molecule has 4 atom stereocenters. The molecule has 0 aromatic heterocycles. The van der Waals surface area contributed by atoms with Crippen molar-refractivity contribution in [3.05, 3.63) is 85.1 Å². The third kappa shape index (κ3) is 37.9. The zero-order valence-electron chi connectivity index (χ0n) is 34.5. The summed E-state index contributed by atoms with van der Waals surface area (Å²) in [6.45, 7) is 2.44. The van der Waals surface area contributed by atoms with Crippen LogP contribution in [0.1, 0.15) is 136 Å². The van der Waals surface area contributed by atoms with E-state index >= 15 is 0 Å². The van der Waals surface area contributed by atoms with E-state index in [1.807, 2.05) is 18.2 Å². The van der Waals surface area contributed by atoms with Gasteiger partial charge in [-0.15, -0.1) is 0 Å². The molecule has 324 valence electrons. The van der Waals surface area contributed by atoms with E-state index in [1.54, 1.807) is 0 Å². The average molecular weight is 822 g/mol. The summed E-state index contributed by atoms with van der Waals surface area (Å²) >= 11 is 0. The number of carbonyl (C=O) groups is 3. The fourth-order valence-corrected chi connectivity index (χ4v) is 5.68. The molecule has 57 heavy (non-hydrogen) atoms. The minimum absolute atomic E-state index is 0.0572. The van der Waals surface area contributed by atoms with Crippen molar-refractivity contribution in [2.24, 2.45) is 5.73 Å². The molecule has 2 unspecified atom stereocenters. The van der Waals surface area contributed by atoms with Crippen LogP contribution in [0.3, 0.4) is 0 Å². The number of hydrogen-bond donors (Lipinski definition) is 4. The number of ether oxygens (including phenoxy) is 2. The highest BCUT2D eigenvalue weighted by atomic mass is 31.2. The first-order chi connectivity index (χ1) is 27.5. The summed E-state index contributed by atoms with van der Waals surface area (Å²) in [5.74, 6) is -2.54. The van der Waals surface area contributed by atoms with Crippen LogP contribution in [-0.4, -0.2) is 71.1 Å². The van der Waals surface area contributed by atoms with Crippen LogP contribution < -0.4 is 5.73 Å². The van der Waals surface area contributed by atoms with E-state index in [-0.39, 0.29) is 18.9 Å². The van der Waals surface area contributed by atoms with Gasteiger partial charge >= 0.3 is 25.7 Å². The molecule has 0 heterocycles. The van der Waals surface area contributed by atoms with Gasteiger partial charge in [-0.1, -0.05) is 118 Å². The van der Waals surface area contributed by atoms with Crippen molar-refractivity contribution in [2.75, 3.05) is 19.8 Å². The molecular weight excluding hydrogens is 749 g/mol. The van der Waals surface area contributed by atoms with Crippen LogP contribution in [0, 0.1) is 0 Å². The highest BCUT2D eigenvalue weighted by Crippen LogP contribution is 2.43. The molecule has 0 aromatic rings. The predicted octanol–water partition coefficient (Wildman–Crippen LogP) is 9.69.